The molecular formula is C15H22N6O. The topological polar surface area (TPSA) is 75.9 Å². The maximum Gasteiger partial charge on any atom is 0.249 e. The minimum absolute atomic E-state index is 0.140. The third-order valence-corrected chi connectivity index (χ3v) is 3.11. The zero-order valence-electron chi connectivity index (χ0n) is 13.4. The summed E-state index contributed by atoms with van der Waals surface area (Å²) in [5, 5.41) is 7.01. The van der Waals surface area contributed by atoms with Gasteiger partial charge in [0.1, 0.15) is 5.82 Å². The number of hydrogen-bond acceptors (Lipinski definition) is 5. The molecule has 0 bridgehead atoms. The maximum atomic E-state index is 12.0. The SMILES string of the molecule is Cc1nc(NC(=O)CN(C)Cc2ccccn2)nn1C(C)C. The fourth-order valence-corrected chi connectivity index (χ4v) is 2.18. The average Bonchev–Trinajstić information content (AvgIpc) is 2.80. The van der Waals surface area contributed by atoms with Crippen LogP contribution in [-0.2, 0) is 11.3 Å². The van der Waals surface area contributed by atoms with Gasteiger partial charge in [0.05, 0.1) is 12.2 Å². The van der Waals surface area contributed by atoms with Crippen LogP contribution in [0.25, 0.3) is 0 Å². The third-order valence-electron chi connectivity index (χ3n) is 3.11. The Morgan fingerprint density at radius 3 is 2.77 bits per heavy atom. The Balaban J connectivity index is 1.88. The van der Waals surface area contributed by atoms with Crippen molar-refractivity contribution < 1.29 is 4.79 Å². The van der Waals surface area contributed by atoms with Crippen molar-refractivity contribution in [1.82, 2.24) is 24.6 Å². The molecule has 2 rings (SSSR count). The molecule has 0 atom stereocenters. The van der Waals surface area contributed by atoms with Crippen LogP contribution >= 0.6 is 0 Å². The van der Waals surface area contributed by atoms with Crippen LogP contribution in [0.5, 0.6) is 0 Å². The molecule has 1 N–H and O–H groups in total. The average molecular weight is 302 g/mol. The minimum Gasteiger partial charge on any atom is -0.292 e. The second-order valence-corrected chi connectivity index (χ2v) is 5.56. The van der Waals surface area contributed by atoms with Gasteiger partial charge in [-0.05, 0) is 40.0 Å². The molecule has 0 saturated heterocycles. The van der Waals surface area contributed by atoms with Gasteiger partial charge in [-0.15, -0.1) is 5.10 Å². The van der Waals surface area contributed by atoms with Gasteiger partial charge in [0, 0.05) is 18.8 Å². The highest BCUT2D eigenvalue weighted by atomic mass is 16.2. The standard InChI is InChI=1S/C15H22N6O/c1-11(2)21-12(3)17-15(19-21)18-14(22)10-20(4)9-13-7-5-6-8-16-13/h5-8,11H,9-10H2,1-4H3,(H,18,19,22). The van der Waals surface area contributed by atoms with Gasteiger partial charge in [-0.2, -0.15) is 4.98 Å². The highest BCUT2D eigenvalue weighted by molar-refractivity contribution is 5.90. The first-order valence-electron chi connectivity index (χ1n) is 7.27. The van der Waals surface area contributed by atoms with E-state index in [1.54, 1.807) is 10.9 Å². The molecule has 0 aromatic carbocycles. The third kappa shape index (κ3) is 4.36. The molecule has 7 heteroatoms. The smallest absolute Gasteiger partial charge is 0.249 e. The Kier molecular flexibility index (Phi) is 5.21. The van der Waals surface area contributed by atoms with E-state index in [1.807, 2.05) is 50.9 Å². The molecule has 0 radical (unpaired) electrons. The summed E-state index contributed by atoms with van der Waals surface area (Å²) in [5.74, 6) is 0.994. The summed E-state index contributed by atoms with van der Waals surface area (Å²) >= 11 is 0. The van der Waals surface area contributed by atoms with E-state index in [0.717, 1.165) is 11.5 Å². The fraction of sp³-hybridized carbons (Fsp3) is 0.467. The summed E-state index contributed by atoms with van der Waals surface area (Å²) in [6.07, 6.45) is 1.74. The normalized spacial score (nSPS) is 11.2. The van der Waals surface area contributed by atoms with E-state index in [4.69, 9.17) is 0 Å². The highest BCUT2D eigenvalue weighted by Gasteiger charge is 2.13. The first kappa shape index (κ1) is 16.1. The van der Waals surface area contributed by atoms with Gasteiger partial charge in [0.25, 0.3) is 0 Å². The Labute approximate surface area is 130 Å². The van der Waals surface area contributed by atoms with Gasteiger partial charge in [-0.1, -0.05) is 6.07 Å². The largest absolute Gasteiger partial charge is 0.292 e. The molecule has 0 spiro atoms. The van der Waals surface area contributed by atoms with Crippen molar-refractivity contribution >= 4 is 11.9 Å². The summed E-state index contributed by atoms with van der Waals surface area (Å²) in [5.41, 5.74) is 0.927. The lowest BCUT2D eigenvalue weighted by molar-refractivity contribution is -0.117. The number of carbonyl (C=O) groups excluding carboxylic acids is 1. The Morgan fingerprint density at radius 1 is 1.41 bits per heavy atom. The number of anilines is 1. The van der Waals surface area contributed by atoms with Crippen LogP contribution < -0.4 is 5.32 Å². The summed E-state index contributed by atoms with van der Waals surface area (Å²) in [4.78, 5) is 22.4. The van der Waals surface area contributed by atoms with Crippen LogP contribution in [0, 0.1) is 6.92 Å². The molecule has 0 aliphatic carbocycles. The van der Waals surface area contributed by atoms with Gasteiger partial charge in [-0.25, -0.2) is 4.68 Å². The molecule has 2 aromatic rings. The number of likely N-dealkylation sites (N-methyl/N-ethyl adjacent to an activating group) is 1. The van der Waals surface area contributed by atoms with Crippen molar-refractivity contribution in [2.75, 3.05) is 18.9 Å². The Hall–Kier alpha value is -2.28. The number of amides is 1. The molecule has 2 aromatic heterocycles. The van der Waals surface area contributed by atoms with Gasteiger partial charge in [-0.3, -0.25) is 20.0 Å². The lowest BCUT2D eigenvalue weighted by atomic mass is 10.3. The van der Waals surface area contributed by atoms with E-state index in [0.29, 0.717) is 12.5 Å². The molecule has 118 valence electrons. The highest BCUT2D eigenvalue weighted by Crippen LogP contribution is 2.09. The molecule has 2 heterocycles. The molecule has 0 fully saturated rings. The van der Waals surface area contributed by atoms with Crippen molar-refractivity contribution in [2.24, 2.45) is 0 Å². The van der Waals surface area contributed by atoms with Crippen molar-refractivity contribution in [3.8, 4) is 0 Å². The predicted molar refractivity (Wildman–Crippen MR) is 84.3 cm³/mol. The van der Waals surface area contributed by atoms with Crippen molar-refractivity contribution in [2.45, 2.75) is 33.4 Å². The fourth-order valence-electron chi connectivity index (χ4n) is 2.18. The summed E-state index contributed by atoms with van der Waals surface area (Å²) in [7, 11) is 1.87. The molecule has 0 saturated carbocycles. The molecule has 22 heavy (non-hydrogen) atoms. The number of aryl methyl sites for hydroxylation is 1. The van der Waals surface area contributed by atoms with Crippen LogP contribution in [0.3, 0.4) is 0 Å². The van der Waals surface area contributed by atoms with Crippen LogP contribution in [-0.4, -0.2) is 44.1 Å². The zero-order chi connectivity index (χ0) is 16.1. The first-order chi connectivity index (χ1) is 10.5. The second kappa shape index (κ2) is 7.13. The zero-order valence-corrected chi connectivity index (χ0v) is 13.4. The predicted octanol–water partition coefficient (Wildman–Crippen LogP) is 1.63. The summed E-state index contributed by atoms with van der Waals surface area (Å²) in [6, 6.07) is 5.95. The number of nitrogens with one attached hydrogen (secondary N) is 1. The molecular weight excluding hydrogens is 280 g/mol. The van der Waals surface area contributed by atoms with Gasteiger partial charge >= 0.3 is 0 Å². The molecule has 7 nitrogen and oxygen atoms in total. The van der Waals surface area contributed by atoms with E-state index in [1.165, 1.54) is 0 Å². The van der Waals surface area contributed by atoms with Gasteiger partial charge in [0.2, 0.25) is 11.9 Å². The van der Waals surface area contributed by atoms with E-state index in [-0.39, 0.29) is 18.5 Å². The molecule has 0 unspecified atom stereocenters. The van der Waals surface area contributed by atoms with Crippen molar-refractivity contribution in [1.29, 1.82) is 0 Å². The number of pyridine rings is 1. The van der Waals surface area contributed by atoms with Gasteiger partial charge in [0.15, 0.2) is 0 Å². The molecule has 0 aliphatic rings. The van der Waals surface area contributed by atoms with E-state index >= 15 is 0 Å². The van der Waals surface area contributed by atoms with Gasteiger partial charge < -0.3 is 0 Å². The summed E-state index contributed by atoms with van der Waals surface area (Å²) < 4.78 is 1.78. The Morgan fingerprint density at radius 2 is 2.18 bits per heavy atom. The maximum absolute atomic E-state index is 12.0. The minimum atomic E-state index is -0.140. The van der Waals surface area contributed by atoms with E-state index < -0.39 is 0 Å². The number of hydrogen-bond donors (Lipinski definition) is 1. The van der Waals surface area contributed by atoms with Crippen LogP contribution in [0.15, 0.2) is 24.4 Å². The summed E-state index contributed by atoms with van der Waals surface area (Å²) in [6.45, 7) is 6.78. The lowest BCUT2D eigenvalue weighted by Crippen LogP contribution is -2.30. The van der Waals surface area contributed by atoms with E-state index in [9.17, 15) is 4.79 Å². The van der Waals surface area contributed by atoms with Crippen molar-refractivity contribution in [3.05, 3.63) is 35.9 Å². The van der Waals surface area contributed by atoms with E-state index in [2.05, 4.69) is 20.4 Å². The Bertz CT molecular complexity index is 622. The lowest BCUT2D eigenvalue weighted by Gasteiger charge is -2.14. The number of nitrogens with zero attached hydrogens (tertiary/aromatic N) is 5. The van der Waals surface area contributed by atoms with Crippen LogP contribution in [0.4, 0.5) is 5.95 Å². The monoisotopic (exact) mass is 302 g/mol. The molecule has 1 amide bonds. The van der Waals surface area contributed by atoms with Crippen LogP contribution in [0.2, 0.25) is 0 Å². The first-order valence-corrected chi connectivity index (χ1v) is 7.27. The quantitative estimate of drug-likeness (QED) is 0.877. The number of carbonyl (C=O) groups is 1. The molecule has 0 aliphatic heterocycles. The van der Waals surface area contributed by atoms with Crippen molar-refractivity contribution in [3.63, 3.8) is 0 Å². The number of aromatic nitrogens is 4. The second-order valence-electron chi connectivity index (χ2n) is 5.56. The number of rotatable bonds is 6. The van der Waals surface area contributed by atoms with Crippen LogP contribution in [0.1, 0.15) is 31.4 Å².